The maximum Gasteiger partial charge on any atom is 0.308 e. The second kappa shape index (κ2) is 11.3. The number of methoxy groups -OCH3 is 1. The van der Waals surface area contributed by atoms with Crippen LogP contribution in [-0.4, -0.2) is 50.1 Å². The molecule has 1 fully saturated rings. The zero-order chi connectivity index (χ0) is 17.4. The minimum atomic E-state index is -0.184. The Morgan fingerprint density at radius 3 is 2.64 bits per heavy atom. The van der Waals surface area contributed by atoms with E-state index in [-0.39, 0.29) is 41.7 Å². The van der Waals surface area contributed by atoms with E-state index in [2.05, 4.69) is 15.2 Å². The minimum Gasteiger partial charge on any atom is -0.469 e. The van der Waals surface area contributed by atoms with Gasteiger partial charge in [0, 0.05) is 26.2 Å². The lowest BCUT2D eigenvalue weighted by Crippen LogP contribution is -2.46. The monoisotopic (exact) mass is 463 g/mol. The first-order valence-electron chi connectivity index (χ1n) is 8.50. The summed E-state index contributed by atoms with van der Waals surface area (Å²) in [5.74, 6) is 0.498. The van der Waals surface area contributed by atoms with Gasteiger partial charge in [0.2, 0.25) is 0 Å². The summed E-state index contributed by atoms with van der Waals surface area (Å²) in [6.45, 7) is 4.86. The van der Waals surface area contributed by atoms with Crippen molar-refractivity contribution in [1.82, 2.24) is 10.2 Å². The van der Waals surface area contributed by atoms with E-state index in [0.29, 0.717) is 18.5 Å². The number of carbonyl (C=O) groups is 1. The molecular weight excluding hydrogens is 436 g/mol. The number of benzene rings is 1. The number of nitrogens with zero attached hydrogens (tertiary/aromatic N) is 2. The molecule has 2 rings (SSSR count). The molecule has 140 valence electrons. The Morgan fingerprint density at radius 2 is 2.04 bits per heavy atom. The predicted molar refractivity (Wildman–Crippen MR) is 108 cm³/mol. The van der Waals surface area contributed by atoms with Gasteiger partial charge in [-0.15, -0.1) is 24.0 Å². The van der Waals surface area contributed by atoms with Crippen molar-refractivity contribution in [3.8, 4) is 0 Å². The van der Waals surface area contributed by atoms with Crippen molar-refractivity contribution in [3.63, 3.8) is 0 Å². The molecule has 1 aliphatic heterocycles. The number of guanidine groups is 1. The summed E-state index contributed by atoms with van der Waals surface area (Å²) in [6, 6.07) is 6.80. The first kappa shape index (κ1) is 21.7. The van der Waals surface area contributed by atoms with E-state index < -0.39 is 0 Å². The van der Waals surface area contributed by atoms with Crippen LogP contribution in [0.15, 0.2) is 29.3 Å². The van der Waals surface area contributed by atoms with Crippen LogP contribution in [0.3, 0.4) is 0 Å². The van der Waals surface area contributed by atoms with Crippen LogP contribution < -0.4 is 5.32 Å². The van der Waals surface area contributed by atoms with Gasteiger partial charge in [-0.1, -0.05) is 18.2 Å². The molecule has 0 amide bonds. The van der Waals surface area contributed by atoms with Crippen molar-refractivity contribution in [2.45, 2.75) is 26.2 Å². The van der Waals surface area contributed by atoms with Gasteiger partial charge in [-0.2, -0.15) is 0 Å². The summed E-state index contributed by atoms with van der Waals surface area (Å²) in [4.78, 5) is 18.4. The van der Waals surface area contributed by atoms with Crippen LogP contribution in [0.25, 0.3) is 0 Å². The summed E-state index contributed by atoms with van der Waals surface area (Å²) in [7, 11) is 1.43. The van der Waals surface area contributed by atoms with Crippen molar-refractivity contribution < 1.29 is 13.9 Å². The predicted octanol–water partition coefficient (Wildman–Crippen LogP) is 2.84. The minimum absolute atomic E-state index is 0. The lowest BCUT2D eigenvalue weighted by molar-refractivity contribution is -0.146. The molecule has 0 saturated carbocycles. The number of aliphatic imine (C=N–C) groups is 1. The first-order valence-corrected chi connectivity index (χ1v) is 8.50. The zero-order valence-corrected chi connectivity index (χ0v) is 17.2. The van der Waals surface area contributed by atoms with E-state index in [4.69, 9.17) is 4.74 Å². The summed E-state index contributed by atoms with van der Waals surface area (Å²) >= 11 is 0. The van der Waals surface area contributed by atoms with Gasteiger partial charge in [0.1, 0.15) is 5.82 Å². The van der Waals surface area contributed by atoms with E-state index in [1.165, 1.54) is 13.2 Å². The number of carbonyl (C=O) groups excluding carboxylic acids is 1. The van der Waals surface area contributed by atoms with Gasteiger partial charge in [-0.25, -0.2) is 4.39 Å². The maximum atomic E-state index is 13.7. The summed E-state index contributed by atoms with van der Waals surface area (Å²) in [5.41, 5.74) is 0.682. The Morgan fingerprint density at radius 1 is 1.36 bits per heavy atom. The third kappa shape index (κ3) is 6.45. The fraction of sp³-hybridized carbons (Fsp3) is 0.556. The standard InChI is InChI=1S/C18H26FN3O2.HI/c1-3-20-18(21-11-8-14-6-4-5-7-16(14)19)22-12-9-15(10-13-22)17(23)24-2;/h4-7,15H,3,8-13H2,1-2H3,(H,20,21);1H. The Bertz CT molecular complexity index is 575. The number of hydrogen-bond donors (Lipinski definition) is 1. The van der Waals surface area contributed by atoms with Gasteiger partial charge in [0.05, 0.1) is 13.0 Å². The third-order valence-electron chi connectivity index (χ3n) is 4.26. The van der Waals surface area contributed by atoms with E-state index in [1.54, 1.807) is 12.1 Å². The van der Waals surface area contributed by atoms with Crippen LogP contribution >= 0.6 is 24.0 Å². The average molecular weight is 463 g/mol. The molecule has 1 N–H and O–H groups in total. The van der Waals surface area contributed by atoms with E-state index >= 15 is 0 Å². The molecule has 0 bridgehead atoms. The van der Waals surface area contributed by atoms with Crippen molar-refractivity contribution in [2.24, 2.45) is 10.9 Å². The molecule has 25 heavy (non-hydrogen) atoms. The topological polar surface area (TPSA) is 53.9 Å². The van der Waals surface area contributed by atoms with Gasteiger partial charge in [0.25, 0.3) is 0 Å². The fourth-order valence-corrected chi connectivity index (χ4v) is 2.90. The first-order chi connectivity index (χ1) is 11.7. The molecule has 0 aliphatic carbocycles. The van der Waals surface area contributed by atoms with Gasteiger partial charge in [0.15, 0.2) is 5.96 Å². The molecule has 0 spiro atoms. The molecule has 1 aromatic carbocycles. The number of rotatable bonds is 5. The molecule has 0 unspecified atom stereocenters. The molecule has 7 heteroatoms. The highest BCUT2D eigenvalue weighted by molar-refractivity contribution is 14.0. The second-order valence-corrected chi connectivity index (χ2v) is 5.86. The second-order valence-electron chi connectivity index (χ2n) is 5.86. The van der Waals surface area contributed by atoms with E-state index in [0.717, 1.165) is 38.4 Å². The number of piperidine rings is 1. The largest absolute Gasteiger partial charge is 0.469 e. The highest BCUT2D eigenvalue weighted by Gasteiger charge is 2.26. The van der Waals surface area contributed by atoms with Crippen molar-refractivity contribution in [1.29, 1.82) is 0 Å². The van der Waals surface area contributed by atoms with Crippen LogP contribution in [0, 0.1) is 11.7 Å². The lowest BCUT2D eigenvalue weighted by atomic mass is 9.97. The zero-order valence-electron chi connectivity index (χ0n) is 14.8. The highest BCUT2D eigenvalue weighted by atomic mass is 127. The summed E-state index contributed by atoms with van der Waals surface area (Å²) in [6.07, 6.45) is 2.11. The molecule has 0 atom stereocenters. The molecule has 1 heterocycles. The molecule has 0 aromatic heterocycles. The quantitative estimate of drug-likeness (QED) is 0.316. The number of esters is 1. The molecular formula is C18H27FIN3O2. The SMILES string of the molecule is CCNC(=NCCc1ccccc1F)N1CCC(C(=O)OC)CC1.I. The molecule has 0 radical (unpaired) electrons. The van der Waals surface area contributed by atoms with Crippen molar-refractivity contribution in [3.05, 3.63) is 35.6 Å². The van der Waals surface area contributed by atoms with Crippen molar-refractivity contribution in [2.75, 3.05) is 33.3 Å². The normalized spacial score (nSPS) is 15.5. The van der Waals surface area contributed by atoms with Crippen LogP contribution in [-0.2, 0) is 16.0 Å². The van der Waals surface area contributed by atoms with Crippen LogP contribution in [0.5, 0.6) is 0 Å². The molecule has 1 aromatic rings. The summed E-state index contributed by atoms with van der Waals surface area (Å²) < 4.78 is 18.5. The number of ether oxygens (including phenoxy) is 1. The molecule has 1 aliphatic rings. The highest BCUT2D eigenvalue weighted by Crippen LogP contribution is 2.18. The van der Waals surface area contributed by atoms with Gasteiger partial charge in [-0.3, -0.25) is 9.79 Å². The molecule has 5 nitrogen and oxygen atoms in total. The lowest BCUT2D eigenvalue weighted by Gasteiger charge is -2.33. The number of hydrogen-bond acceptors (Lipinski definition) is 3. The Balaban J connectivity index is 0.00000312. The van der Waals surface area contributed by atoms with Crippen LogP contribution in [0.4, 0.5) is 4.39 Å². The Kier molecular flexibility index (Phi) is 9.77. The van der Waals surface area contributed by atoms with Crippen LogP contribution in [0.1, 0.15) is 25.3 Å². The third-order valence-corrected chi connectivity index (χ3v) is 4.26. The van der Waals surface area contributed by atoms with Gasteiger partial charge in [-0.05, 0) is 37.8 Å². The number of likely N-dealkylation sites (tertiary alicyclic amines) is 1. The maximum absolute atomic E-state index is 13.7. The van der Waals surface area contributed by atoms with Gasteiger partial charge < -0.3 is 15.0 Å². The Labute approximate surface area is 166 Å². The Hall–Kier alpha value is -1.38. The van der Waals surface area contributed by atoms with Crippen LogP contribution in [0.2, 0.25) is 0 Å². The van der Waals surface area contributed by atoms with Gasteiger partial charge >= 0.3 is 5.97 Å². The fourth-order valence-electron chi connectivity index (χ4n) is 2.90. The smallest absolute Gasteiger partial charge is 0.308 e. The summed E-state index contributed by atoms with van der Waals surface area (Å²) in [5, 5.41) is 3.28. The average Bonchev–Trinajstić information content (AvgIpc) is 2.62. The van der Waals surface area contributed by atoms with E-state index in [9.17, 15) is 9.18 Å². The van der Waals surface area contributed by atoms with Crippen molar-refractivity contribution >= 4 is 35.9 Å². The molecule has 1 saturated heterocycles. The number of nitrogens with one attached hydrogen (secondary N) is 1. The van der Waals surface area contributed by atoms with E-state index in [1.807, 2.05) is 13.0 Å². The number of halogens is 2.